The number of primary sulfonamides is 1. The number of amides is 1. The molecule has 0 bridgehead atoms. The Balaban J connectivity index is 2.34. The van der Waals surface area contributed by atoms with Crippen LogP contribution in [0.5, 0.6) is 17.5 Å². The molecule has 0 radical (unpaired) electrons. The Morgan fingerprint density at radius 3 is 2.22 bits per heavy atom. The molecule has 11 nitrogen and oxygen atoms in total. The van der Waals surface area contributed by atoms with E-state index in [-0.39, 0.29) is 35.2 Å². The molecule has 0 aliphatic heterocycles. The number of hydrogen-bond donors (Lipinski definition) is 2. The summed E-state index contributed by atoms with van der Waals surface area (Å²) in [5, 5.41) is 5.62. The molecule has 3 rings (SSSR count). The number of rotatable bonds is 8. The van der Waals surface area contributed by atoms with E-state index in [0.29, 0.717) is 0 Å². The van der Waals surface area contributed by atoms with Crippen LogP contribution in [-0.2, 0) is 16.2 Å². The van der Waals surface area contributed by atoms with Crippen LogP contribution < -0.4 is 24.7 Å². The highest BCUT2D eigenvalue weighted by Gasteiger charge is 2.43. The Bertz CT molecular complexity index is 1380. The molecule has 1 aromatic carbocycles. The van der Waals surface area contributed by atoms with E-state index in [1.807, 2.05) is 0 Å². The van der Waals surface area contributed by atoms with Crippen LogP contribution in [0, 0.1) is 0 Å². The summed E-state index contributed by atoms with van der Waals surface area (Å²) in [6, 6.07) is 7.20. The quantitative estimate of drug-likeness (QED) is 0.450. The molecule has 0 saturated heterocycles. The van der Waals surface area contributed by atoms with Gasteiger partial charge in [-0.3, -0.25) is 10.1 Å². The summed E-state index contributed by atoms with van der Waals surface area (Å²) in [4.78, 5) is 24.5. The number of aromatic nitrogens is 3. The second-order valence-electron chi connectivity index (χ2n) is 6.93. The Morgan fingerprint density at radius 2 is 1.69 bits per heavy atom. The van der Waals surface area contributed by atoms with E-state index in [9.17, 15) is 26.4 Å². The number of halogens is 3. The Hall–Kier alpha value is -3.98. The molecule has 1 amide bonds. The van der Waals surface area contributed by atoms with Crippen molar-refractivity contribution in [1.82, 2.24) is 15.0 Å². The molecular weight excluding hydrogens is 507 g/mol. The van der Waals surface area contributed by atoms with Gasteiger partial charge in [-0.15, -0.1) is 0 Å². The second kappa shape index (κ2) is 10.3. The van der Waals surface area contributed by atoms with Gasteiger partial charge in [0.05, 0.1) is 32.5 Å². The molecule has 0 aliphatic rings. The van der Waals surface area contributed by atoms with Gasteiger partial charge in [-0.25, -0.2) is 18.5 Å². The van der Waals surface area contributed by atoms with Gasteiger partial charge in [0.1, 0.15) is 11.3 Å². The van der Waals surface area contributed by atoms with E-state index in [4.69, 9.17) is 19.3 Å². The molecular formula is C21H20F3N5O6S. The number of methoxy groups -OCH3 is 2. The Morgan fingerprint density at radius 1 is 1.08 bits per heavy atom. The van der Waals surface area contributed by atoms with Gasteiger partial charge < -0.3 is 14.2 Å². The molecule has 2 aromatic heterocycles. The summed E-state index contributed by atoms with van der Waals surface area (Å²) in [6.07, 6.45) is -4.56. The largest absolute Gasteiger partial charge is 0.493 e. The highest BCUT2D eigenvalue weighted by atomic mass is 32.2. The minimum Gasteiger partial charge on any atom is -0.493 e. The molecule has 0 saturated carbocycles. The first-order chi connectivity index (χ1) is 16.9. The average Bonchev–Trinajstić information content (AvgIpc) is 2.82. The van der Waals surface area contributed by atoms with E-state index >= 15 is 0 Å². The number of benzene rings is 1. The molecule has 0 spiro atoms. The summed E-state index contributed by atoms with van der Waals surface area (Å²) in [5.41, 5.74) is -3.26. The van der Waals surface area contributed by atoms with Crippen molar-refractivity contribution in [3.8, 4) is 28.6 Å². The number of anilines is 1. The smallest absolute Gasteiger partial charge is 0.420 e. The number of carbonyl (C=O) groups is 1. The maximum Gasteiger partial charge on any atom is 0.420 e. The predicted octanol–water partition coefficient (Wildman–Crippen LogP) is 2.87. The number of nitrogens with one attached hydrogen (secondary N) is 1. The number of carbonyl (C=O) groups excluding carboxylic acids is 1. The van der Waals surface area contributed by atoms with Crippen LogP contribution in [0.25, 0.3) is 11.1 Å². The van der Waals surface area contributed by atoms with E-state index in [1.54, 1.807) is 13.0 Å². The molecule has 0 atom stereocenters. The first-order valence-electron chi connectivity index (χ1n) is 10.0. The summed E-state index contributed by atoms with van der Waals surface area (Å²) in [5.74, 6) is -1.86. The summed E-state index contributed by atoms with van der Waals surface area (Å²) in [6.45, 7) is 1.81. The van der Waals surface area contributed by atoms with Crippen LogP contribution >= 0.6 is 0 Å². The maximum absolute atomic E-state index is 14.3. The third-order valence-electron chi connectivity index (χ3n) is 4.62. The van der Waals surface area contributed by atoms with Crippen LogP contribution in [0.1, 0.15) is 22.8 Å². The molecule has 192 valence electrons. The number of nitrogens with two attached hydrogens (primary N) is 1. The minimum atomic E-state index is -5.36. The number of nitrogens with zero attached hydrogens (tertiary/aromatic N) is 3. The predicted molar refractivity (Wildman–Crippen MR) is 120 cm³/mol. The van der Waals surface area contributed by atoms with E-state index in [0.717, 1.165) is 6.20 Å². The zero-order valence-corrected chi connectivity index (χ0v) is 19.9. The van der Waals surface area contributed by atoms with E-state index in [1.165, 1.54) is 38.5 Å². The first-order valence-corrected chi connectivity index (χ1v) is 11.6. The topological polar surface area (TPSA) is 156 Å². The molecule has 2 heterocycles. The molecule has 3 N–H and O–H groups in total. The standard InChI is InChI=1S/C21H20F3N5O6S/c1-4-35-13-8-6-5-7-11(13)12-10-26-19(36(25,31)32)17(21(22,23)24)16(12)18(30)29-20-27-14(33-2)9-15(28-20)34-3/h5-10H,4H2,1-3H3,(H2,25,31,32)(H,27,28,29,30). The van der Waals surface area contributed by atoms with Crippen LogP contribution in [0.3, 0.4) is 0 Å². The average molecular weight is 527 g/mol. The number of para-hydroxylation sites is 1. The lowest BCUT2D eigenvalue weighted by atomic mass is 9.96. The summed E-state index contributed by atoms with van der Waals surface area (Å²) < 4.78 is 82.3. The highest BCUT2D eigenvalue weighted by Crippen LogP contribution is 2.42. The van der Waals surface area contributed by atoms with Crippen molar-refractivity contribution in [2.75, 3.05) is 26.1 Å². The van der Waals surface area contributed by atoms with Gasteiger partial charge >= 0.3 is 6.18 Å². The SMILES string of the molecule is CCOc1ccccc1-c1cnc(S(N)(=O)=O)c(C(F)(F)F)c1C(=O)Nc1nc(OC)cc(OC)n1. The van der Waals surface area contributed by atoms with Gasteiger partial charge in [0.15, 0.2) is 5.03 Å². The fourth-order valence-electron chi connectivity index (χ4n) is 3.22. The third kappa shape index (κ3) is 5.63. The van der Waals surface area contributed by atoms with Crippen molar-refractivity contribution in [2.45, 2.75) is 18.1 Å². The molecule has 0 aliphatic carbocycles. The van der Waals surface area contributed by atoms with Crippen LogP contribution in [0.4, 0.5) is 19.1 Å². The molecule has 15 heteroatoms. The number of hydrogen-bond acceptors (Lipinski definition) is 9. The van der Waals surface area contributed by atoms with Crippen LogP contribution in [0.15, 0.2) is 41.6 Å². The zero-order chi connectivity index (χ0) is 26.7. The molecule has 3 aromatic rings. The fourth-order valence-corrected chi connectivity index (χ4v) is 3.92. The lowest BCUT2D eigenvalue weighted by molar-refractivity contribution is -0.140. The van der Waals surface area contributed by atoms with Crippen LogP contribution in [0.2, 0.25) is 0 Å². The Labute approximate surface area is 203 Å². The fraction of sp³-hybridized carbons (Fsp3) is 0.238. The van der Waals surface area contributed by atoms with Gasteiger partial charge in [-0.2, -0.15) is 23.1 Å². The van der Waals surface area contributed by atoms with Crippen molar-refractivity contribution < 1.29 is 40.6 Å². The number of alkyl halides is 3. The number of sulfonamides is 1. The van der Waals surface area contributed by atoms with Gasteiger partial charge in [-0.1, -0.05) is 18.2 Å². The minimum absolute atomic E-state index is 0.0487. The normalized spacial score (nSPS) is 11.6. The van der Waals surface area contributed by atoms with Gasteiger partial charge in [0, 0.05) is 17.3 Å². The third-order valence-corrected chi connectivity index (χ3v) is 5.47. The second-order valence-corrected chi connectivity index (χ2v) is 8.41. The van der Waals surface area contributed by atoms with Crippen molar-refractivity contribution >= 4 is 21.9 Å². The summed E-state index contributed by atoms with van der Waals surface area (Å²) >= 11 is 0. The number of pyridine rings is 1. The lowest BCUT2D eigenvalue weighted by Crippen LogP contribution is -2.27. The van der Waals surface area contributed by atoms with Gasteiger partial charge in [0.2, 0.25) is 17.7 Å². The molecule has 0 unspecified atom stereocenters. The molecule has 36 heavy (non-hydrogen) atoms. The Kier molecular flexibility index (Phi) is 7.64. The van der Waals surface area contributed by atoms with E-state index in [2.05, 4.69) is 20.3 Å². The monoisotopic (exact) mass is 527 g/mol. The van der Waals surface area contributed by atoms with E-state index < -0.39 is 44.2 Å². The van der Waals surface area contributed by atoms with Gasteiger partial charge in [0.25, 0.3) is 15.9 Å². The lowest BCUT2D eigenvalue weighted by Gasteiger charge is -2.20. The van der Waals surface area contributed by atoms with Gasteiger partial charge in [-0.05, 0) is 13.0 Å². The first kappa shape index (κ1) is 26.6. The maximum atomic E-state index is 14.3. The molecule has 0 fully saturated rings. The van der Waals surface area contributed by atoms with Crippen molar-refractivity contribution in [2.24, 2.45) is 5.14 Å². The number of ether oxygens (including phenoxy) is 3. The van der Waals surface area contributed by atoms with Crippen molar-refractivity contribution in [3.63, 3.8) is 0 Å². The van der Waals surface area contributed by atoms with Crippen LogP contribution in [-0.4, -0.2) is 50.1 Å². The summed E-state index contributed by atoms with van der Waals surface area (Å²) in [7, 11) is -2.47. The highest BCUT2D eigenvalue weighted by molar-refractivity contribution is 7.89. The van der Waals surface area contributed by atoms with Crippen molar-refractivity contribution in [3.05, 3.63) is 47.7 Å². The zero-order valence-electron chi connectivity index (χ0n) is 19.1. The van der Waals surface area contributed by atoms with Crippen molar-refractivity contribution in [1.29, 1.82) is 0 Å².